The standard InChI is InChI=1S/C23H35F/c1-3-20-14-15-22(16-23(20)24)21-12-10-19(11-13-21)9-8-18-6-4-17(2)5-7-18/h14-19,21H,3-13H2,1-2H3. The first-order valence-electron chi connectivity index (χ1n) is 10.4. The van der Waals surface area contributed by atoms with Crippen LogP contribution in [0, 0.1) is 23.6 Å². The molecule has 24 heavy (non-hydrogen) atoms. The average molecular weight is 331 g/mol. The van der Waals surface area contributed by atoms with Crippen LogP contribution in [0.25, 0.3) is 0 Å². The zero-order valence-electron chi connectivity index (χ0n) is 15.7. The molecule has 0 bridgehead atoms. The number of aryl methyl sites for hydroxylation is 1. The molecule has 1 aromatic rings. The molecule has 2 aliphatic carbocycles. The smallest absolute Gasteiger partial charge is 0.126 e. The van der Waals surface area contributed by atoms with Crippen molar-refractivity contribution in [3.05, 3.63) is 35.1 Å². The summed E-state index contributed by atoms with van der Waals surface area (Å²) in [6, 6.07) is 5.99. The molecule has 0 atom stereocenters. The van der Waals surface area contributed by atoms with Crippen LogP contribution in [0.1, 0.15) is 95.1 Å². The third kappa shape index (κ3) is 4.61. The highest BCUT2D eigenvalue weighted by Gasteiger charge is 2.24. The lowest BCUT2D eigenvalue weighted by atomic mass is 9.74. The van der Waals surface area contributed by atoms with Gasteiger partial charge in [0.2, 0.25) is 0 Å². The molecule has 0 N–H and O–H groups in total. The van der Waals surface area contributed by atoms with Gasteiger partial charge in [-0.25, -0.2) is 4.39 Å². The SMILES string of the molecule is CCc1ccc(C2CCC(CCC3CCC(C)CC3)CC2)cc1F. The first-order chi connectivity index (χ1) is 11.7. The third-order valence-corrected chi connectivity index (χ3v) is 6.89. The maximum absolute atomic E-state index is 14.0. The number of hydrogen-bond donors (Lipinski definition) is 0. The van der Waals surface area contributed by atoms with E-state index >= 15 is 0 Å². The Labute approximate surface area is 148 Å². The molecule has 0 nitrogen and oxygen atoms in total. The minimum Gasteiger partial charge on any atom is -0.207 e. The molecule has 0 amide bonds. The van der Waals surface area contributed by atoms with Crippen molar-refractivity contribution in [3.63, 3.8) is 0 Å². The van der Waals surface area contributed by atoms with Crippen LogP contribution in [0.3, 0.4) is 0 Å². The quantitative estimate of drug-likeness (QED) is 0.532. The van der Waals surface area contributed by atoms with Crippen molar-refractivity contribution >= 4 is 0 Å². The number of rotatable bonds is 5. The molecular formula is C23H35F. The summed E-state index contributed by atoms with van der Waals surface area (Å²) in [5, 5.41) is 0. The molecule has 0 unspecified atom stereocenters. The van der Waals surface area contributed by atoms with Crippen LogP contribution >= 0.6 is 0 Å². The molecule has 2 fully saturated rings. The molecule has 0 saturated heterocycles. The van der Waals surface area contributed by atoms with Crippen LogP contribution in [0.4, 0.5) is 4.39 Å². The zero-order valence-corrected chi connectivity index (χ0v) is 15.7. The Hall–Kier alpha value is -0.850. The highest BCUT2D eigenvalue weighted by Crippen LogP contribution is 2.40. The van der Waals surface area contributed by atoms with Crippen LogP contribution < -0.4 is 0 Å². The van der Waals surface area contributed by atoms with E-state index in [1.165, 1.54) is 69.8 Å². The van der Waals surface area contributed by atoms with Gasteiger partial charge in [0.1, 0.15) is 5.82 Å². The fraction of sp³-hybridized carbons (Fsp3) is 0.739. The summed E-state index contributed by atoms with van der Waals surface area (Å²) < 4.78 is 14.0. The molecule has 0 spiro atoms. The second-order valence-corrected chi connectivity index (χ2v) is 8.63. The van der Waals surface area contributed by atoms with Crippen LogP contribution in [0.15, 0.2) is 18.2 Å². The van der Waals surface area contributed by atoms with E-state index in [9.17, 15) is 4.39 Å². The predicted octanol–water partition coefficient (Wildman–Crippen LogP) is 7.27. The van der Waals surface area contributed by atoms with Crippen molar-refractivity contribution in [3.8, 4) is 0 Å². The van der Waals surface area contributed by atoms with E-state index in [4.69, 9.17) is 0 Å². The van der Waals surface area contributed by atoms with E-state index in [1.54, 1.807) is 0 Å². The van der Waals surface area contributed by atoms with Crippen molar-refractivity contribution in [2.24, 2.45) is 17.8 Å². The monoisotopic (exact) mass is 330 g/mol. The normalized spacial score (nSPS) is 31.1. The van der Waals surface area contributed by atoms with Crippen molar-refractivity contribution in [1.82, 2.24) is 0 Å². The van der Waals surface area contributed by atoms with Crippen molar-refractivity contribution in [2.75, 3.05) is 0 Å². The molecule has 1 heteroatoms. The summed E-state index contributed by atoms with van der Waals surface area (Å²) in [6.07, 6.45) is 14.8. The Morgan fingerprint density at radius 1 is 0.875 bits per heavy atom. The molecule has 0 aliphatic heterocycles. The molecule has 134 valence electrons. The predicted molar refractivity (Wildman–Crippen MR) is 101 cm³/mol. The lowest BCUT2D eigenvalue weighted by molar-refractivity contribution is 0.237. The highest BCUT2D eigenvalue weighted by molar-refractivity contribution is 5.27. The van der Waals surface area contributed by atoms with Crippen molar-refractivity contribution in [2.45, 2.75) is 90.4 Å². The van der Waals surface area contributed by atoms with Gasteiger partial charge in [0, 0.05) is 0 Å². The Kier molecular flexibility index (Phi) is 6.36. The summed E-state index contributed by atoms with van der Waals surface area (Å²) in [5.41, 5.74) is 2.10. The van der Waals surface area contributed by atoms with Crippen LogP contribution in [-0.2, 0) is 6.42 Å². The average Bonchev–Trinajstić information content (AvgIpc) is 2.61. The maximum Gasteiger partial charge on any atom is 0.126 e. The molecule has 0 aromatic heterocycles. The number of halogens is 1. The van der Waals surface area contributed by atoms with Gasteiger partial charge in [-0.1, -0.05) is 64.5 Å². The zero-order chi connectivity index (χ0) is 16.9. The summed E-state index contributed by atoms with van der Waals surface area (Å²) >= 11 is 0. The minimum atomic E-state index is 0.00338. The summed E-state index contributed by atoms with van der Waals surface area (Å²) in [6.45, 7) is 4.43. The Morgan fingerprint density at radius 2 is 1.46 bits per heavy atom. The molecule has 1 aromatic carbocycles. The molecule has 0 radical (unpaired) electrons. The Balaban J connectivity index is 1.43. The Morgan fingerprint density at radius 3 is 2.00 bits per heavy atom. The summed E-state index contributed by atoms with van der Waals surface area (Å²) in [4.78, 5) is 0. The van der Waals surface area contributed by atoms with Gasteiger partial charge in [-0.05, 0) is 73.0 Å². The van der Waals surface area contributed by atoms with E-state index < -0.39 is 0 Å². The van der Waals surface area contributed by atoms with E-state index in [0.717, 1.165) is 29.7 Å². The first kappa shape index (κ1) is 18.0. The van der Waals surface area contributed by atoms with Crippen molar-refractivity contribution < 1.29 is 4.39 Å². The molecule has 3 rings (SSSR count). The molecule has 0 heterocycles. The molecular weight excluding hydrogens is 295 g/mol. The number of benzene rings is 1. The number of hydrogen-bond acceptors (Lipinski definition) is 0. The summed E-state index contributed by atoms with van der Waals surface area (Å²) in [7, 11) is 0. The lowest BCUT2D eigenvalue weighted by Gasteiger charge is -2.31. The van der Waals surface area contributed by atoms with E-state index in [-0.39, 0.29) is 5.82 Å². The first-order valence-corrected chi connectivity index (χ1v) is 10.4. The second kappa shape index (κ2) is 8.50. The van der Waals surface area contributed by atoms with E-state index in [0.29, 0.717) is 5.92 Å². The highest BCUT2D eigenvalue weighted by atomic mass is 19.1. The largest absolute Gasteiger partial charge is 0.207 e. The minimum absolute atomic E-state index is 0.00338. The van der Waals surface area contributed by atoms with E-state index in [1.807, 2.05) is 19.1 Å². The van der Waals surface area contributed by atoms with Gasteiger partial charge < -0.3 is 0 Å². The van der Waals surface area contributed by atoms with Gasteiger partial charge in [0.05, 0.1) is 0 Å². The van der Waals surface area contributed by atoms with Gasteiger partial charge in [-0.3, -0.25) is 0 Å². The van der Waals surface area contributed by atoms with Gasteiger partial charge in [-0.15, -0.1) is 0 Å². The maximum atomic E-state index is 14.0. The van der Waals surface area contributed by atoms with E-state index in [2.05, 4.69) is 13.0 Å². The molecule has 2 aliphatic rings. The summed E-state index contributed by atoms with van der Waals surface area (Å²) in [5.74, 6) is 3.51. The second-order valence-electron chi connectivity index (χ2n) is 8.63. The fourth-order valence-electron chi connectivity index (χ4n) is 4.98. The van der Waals surface area contributed by atoms with Crippen molar-refractivity contribution in [1.29, 1.82) is 0 Å². The molecule has 2 saturated carbocycles. The van der Waals surface area contributed by atoms with Gasteiger partial charge in [0.25, 0.3) is 0 Å². The fourth-order valence-corrected chi connectivity index (χ4v) is 4.98. The van der Waals surface area contributed by atoms with Crippen LogP contribution in [0.2, 0.25) is 0 Å². The van der Waals surface area contributed by atoms with Gasteiger partial charge >= 0.3 is 0 Å². The topological polar surface area (TPSA) is 0 Å². The van der Waals surface area contributed by atoms with Gasteiger partial charge in [0.15, 0.2) is 0 Å². The van der Waals surface area contributed by atoms with Crippen LogP contribution in [0.5, 0.6) is 0 Å². The third-order valence-electron chi connectivity index (χ3n) is 6.89. The lowest BCUT2D eigenvalue weighted by Crippen LogP contribution is -2.17. The van der Waals surface area contributed by atoms with Gasteiger partial charge in [-0.2, -0.15) is 0 Å². The van der Waals surface area contributed by atoms with Crippen LogP contribution in [-0.4, -0.2) is 0 Å². The Bertz CT molecular complexity index is 505.